The smallest absolute Gasteiger partial charge is 0.227 e. The average Bonchev–Trinajstić information content (AvgIpc) is 2.64. The van der Waals surface area contributed by atoms with Crippen molar-refractivity contribution in [1.29, 1.82) is 0 Å². The van der Waals surface area contributed by atoms with Crippen LogP contribution in [0.25, 0.3) is 0 Å². The molecular formula is C14H25N5. The highest BCUT2D eigenvalue weighted by Crippen LogP contribution is 2.14. The lowest BCUT2D eigenvalue weighted by atomic mass is 10.2. The van der Waals surface area contributed by atoms with Crippen molar-refractivity contribution in [1.82, 2.24) is 14.9 Å². The summed E-state index contributed by atoms with van der Waals surface area (Å²) in [6, 6.07) is 1.90. The van der Waals surface area contributed by atoms with E-state index in [-0.39, 0.29) is 0 Å². The van der Waals surface area contributed by atoms with Crippen LogP contribution in [0.15, 0.2) is 12.3 Å². The highest BCUT2D eigenvalue weighted by atomic mass is 15.3. The summed E-state index contributed by atoms with van der Waals surface area (Å²) in [7, 11) is 1.89. The van der Waals surface area contributed by atoms with E-state index in [1.165, 1.54) is 19.5 Å². The molecule has 1 aliphatic heterocycles. The van der Waals surface area contributed by atoms with Gasteiger partial charge in [0.2, 0.25) is 5.95 Å². The van der Waals surface area contributed by atoms with E-state index in [4.69, 9.17) is 0 Å². The largest absolute Gasteiger partial charge is 0.373 e. The molecule has 1 aromatic rings. The van der Waals surface area contributed by atoms with Gasteiger partial charge in [0.1, 0.15) is 5.82 Å². The van der Waals surface area contributed by atoms with Crippen LogP contribution in [-0.2, 0) is 0 Å². The van der Waals surface area contributed by atoms with Crippen LogP contribution in [0.2, 0.25) is 0 Å². The number of aromatic nitrogens is 2. The van der Waals surface area contributed by atoms with Crippen LogP contribution in [-0.4, -0.2) is 54.6 Å². The summed E-state index contributed by atoms with van der Waals surface area (Å²) < 4.78 is 0. The van der Waals surface area contributed by atoms with Crippen LogP contribution in [0, 0.1) is 5.92 Å². The van der Waals surface area contributed by atoms with Crippen molar-refractivity contribution in [3.8, 4) is 0 Å². The second-order valence-corrected chi connectivity index (χ2v) is 5.53. The Morgan fingerprint density at radius 1 is 1.26 bits per heavy atom. The Hall–Kier alpha value is -1.36. The molecule has 0 atom stereocenters. The van der Waals surface area contributed by atoms with Gasteiger partial charge in [-0.1, -0.05) is 13.8 Å². The first-order valence-corrected chi connectivity index (χ1v) is 7.17. The van der Waals surface area contributed by atoms with E-state index in [0.29, 0.717) is 0 Å². The van der Waals surface area contributed by atoms with Crippen molar-refractivity contribution < 1.29 is 0 Å². The molecule has 1 aliphatic rings. The minimum Gasteiger partial charge on any atom is -0.373 e. The normalized spacial score (nSPS) is 17.6. The average molecular weight is 263 g/mol. The number of rotatable bonds is 4. The quantitative estimate of drug-likeness (QED) is 0.895. The lowest BCUT2D eigenvalue weighted by Gasteiger charge is -2.23. The van der Waals surface area contributed by atoms with Gasteiger partial charge in [0, 0.05) is 39.4 Å². The van der Waals surface area contributed by atoms with Crippen LogP contribution in [0.5, 0.6) is 0 Å². The molecule has 0 aliphatic carbocycles. The zero-order valence-corrected chi connectivity index (χ0v) is 12.3. The molecule has 2 rings (SSSR count). The third kappa shape index (κ3) is 4.06. The fourth-order valence-electron chi connectivity index (χ4n) is 2.51. The number of hydrogen-bond acceptors (Lipinski definition) is 5. The minimum absolute atomic E-state index is 0.732. The van der Waals surface area contributed by atoms with Crippen LogP contribution >= 0.6 is 0 Å². The van der Waals surface area contributed by atoms with Crippen LogP contribution < -0.4 is 10.2 Å². The molecule has 5 heteroatoms. The van der Waals surface area contributed by atoms with Gasteiger partial charge in [-0.3, -0.25) is 0 Å². The second-order valence-electron chi connectivity index (χ2n) is 5.53. The maximum absolute atomic E-state index is 4.53. The summed E-state index contributed by atoms with van der Waals surface area (Å²) in [5.74, 6) is 2.46. The van der Waals surface area contributed by atoms with Crippen molar-refractivity contribution >= 4 is 11.8 Å². The highest BCUT2D eigenvalue weighted by Gasteiger charge is 2.17. The van der Waals surface area contributed by atoms with E-state index in [9.17, 15) is 0 Å². The number of hydrogen-bond donors (Lipinski definition) is 1. The number of nitrogens with zero attached hydrogens (tertiary/aromatic N) is 4. The molecule has 5 nitrogen and oxygen atoms in total. The number of anilines is 2. The Kier molecular flexibility index (Phi) is 4.96. The van der Waals surface area contributed by atoms with Crippen LogP contribution in [0.4, 0.5) is 11.8 Å². The van der Waals surface area contributed by atoms with Gasteiger partial charge in [-0.25, -0.2) is 4.98 Å². The van der Waals surface area contributed by atoms with Crippen molar-refractivity contribution in [2.24, 2.45) is 5.92 Å². The molecule has 0 unspecified atom stereocenters. The molecule has 2 heterocycles. The minimum atomic E-state index is 0.732. The monoisotopic (exact) mass is 263 g/mol. The molecule has 0 amide bonds. The van der Waals surface area contributed by atoms with E-state index in [0.717, 1.165) is 37.3 Å². The maximum atomic E-state index is 4.53. The fraction of sp³-hybridized carbons (Fsp3) is 0.714. The van der Waals surface area contributed by atoms with Crippen molar-refractivity contribution in [2.45, 2.75) is 20.3 Å². The summed E-state index contributed by atoms with van der Waals surface area (Å²) in [6.07, 6.45) is 3.00. The molecule has 0 saturated carbocycles. The van der Waals surface area contributed by atoms with E-state index < -0.39 is 0 Å². The molecule has 0 radical (unpaired) electrons. The topological polar surface area (TPSA) is 44.3 Å². The van der Waals surface area contributed by atoms with Gasteiger partial charge in [0.25, 0.3) is 0 Å². The fourth-order valence-corrected chi connectivity index (χ4v) is 2.51. The second kappa shape index (κ2) is 6.70. The molecule has 0 spiro atoms. The molecule has 106 valence electrons. The van der Waals surface area contributed by atoms with Crippen LogP contribution in [0.1, 0.15) is 20.3 Å². The standard InChI is InChI=1S/C14H25N5/c1-12(2)11-18-7-4-8-19(10-9-18)14-16-6-5-13(15-3)17-14/h5-6,12H,4,7-11H2,1-3H3,(H,15,16,17). The van der Waals surface area contributed by atoms with Crippen molar-refractivity contribution in [3.05, 3.63) is 12.3 Å². The SMILES string of the molecule is CNc1ccnc(N2CCCN(CC(C)C)CC2)n1. The Bertz CT molecular complexity index is 393. The first kappa shape index (κ1) is 14.1. The third-order valence-electron chi connectivity index (χ3n) is 3.39. The molecule has 1 aromatic heterocycles. The lowest BCUT2D eigenvalue weighted by molar-refractivity contribution is 0.261. The van der Waals surface area contributed by atoms with E-state index in [1.807, 2.05) is 19.3 Å². The first-order chi connectivity index (χ1) is 9.19. The number of nitrogens with one attached hydrogen (secondary N) is 1. The van der Waals surface area contributed by atoms with E-state index in [1.54, 1.807) is 0 Å². The first-order valence-electron chi connectivity index (χ1n) is 7.17. The molecule has 1 N–H and O–H groups in total. The van der Waals surface area contributed by atoms with Gasteiger partial charge >= 0.3 is 0 Å². The summed E-state index contributed by atoms with van der Waals surface area (Å²) in [4.78, 5) is 13.8. The lowest BCUT2D eigenvalue weighted by Crippen LogP contribution is -2.33. The summed E-state index contributed by atoms with van der Waals surface area (Å²) >= 11 is 0. The van der Waals surface area contributed by atoms with Gasteiger partial charge in [0.15, 0.2) is 0 Å². The summed E-state index contributed by atoms with van der Waals surface area (Å²) in [5, 5.41) is 3.07. The molecular weight excluding hydrogens is 238 g/mol. The summed E-state index contributed by atoms with van der Waals surface area (Å²) in [5.41, 5.74) is 0. The predicted octanol–water partition coefficient (Wildman–Crippen LogP) is 1.69. The van der Waals surface area contributed by atoms with Gasteiger partial charge in [-0.05, 0) is 24.9 Å². The molecule has 0 aromatic carbocycles. The zero-order valence-electron chi connectivity index (χ0n) is 12.3. The Morgan fingerprint density at radius 3 is 2.84 bits per heavy atom. The molecule has 1 saturated heterocycles. The predicted molar refractivity (Wildman–Crippen MR) is 79.7 cm³/mol. The highest BCUT2D eigenvalue weighted by molar-refractivity contribution is 5.40. The van der Waals surface area contributed by atoms with E-state index >= 15 is 0 Å². The summed E-state index contributed by atoms with van der Waals surface area (Å²) in [6.45, 7) is 10.1. The van der Waals surface area contributed by atoms with Gasteiger partial charge in [0.05, 0.1) is 0 Å². The Morgan fingerprint density at radius 2 is 2.11 bits per heavy atom. The maximum Gasteiger partial charge on any atom is 0.227 e. The zero-order chi connectivity index (χ0) is 13.7. The Labute approximate surface area is 116 Å². The van der Waals surface area contributed by atoms with Crippen molar-refractivity contribution in [2.75, 3.05) is 50.0 Å². The van der Waals surface area contributed by atoms with Gasteiger partial charge in [-0.15, -0.1) is 0 Å². The van der Waals surface area contributed by atoms with Crippen LogP contribution in [0.3, 0.4) is 0 Å². The van der Waals surface area contributed by atoms with Gasteiger partial charge in [-0.2, -0.15) is 4.98 Å². The molecule has 1 fully saturated rings. The van der Waals surface area contributed by atoms with Gasteiger partial charge < -0.3 is 15.1 Å². The Balaban J connectivity index is 1.98. The third-order valence-corrected chi connectivity index (χ3v) is 3.39. The van der Waals surface area contributed by atoms with Crippen molar-refractivity contribution in [3.63, 3.8) is 0 Å². The molecule has 19 heavy (non-hydrogen) atoms. The molecule has 0 bridgehead atoms. The van der Waals surface area contributed by atoms with E-state index in [2.05, 4.69) is 38.9 Å².